The summed E-state index contributed by atoms with van der Waals surface area (Å²) in [6.07, 6.45) is 0. The topological polar surface area (TPSA) is 37.3 Å². The summed E-state index contributed by atoms with van der Waals surface area (Å²) in [4.78, 5) is 8.36. The minimum absolute atomic E-state index is 0.250. The Bertz CT molecular complexity index is 15.1. The van der Waals surface area contributed by atoms with E-state index in [9.17, 15) is 0 Å². The van der Waals surface area contributed by atoms with Crippen molar-refractivity contribution in [3.8, 4) is 0 Å². The van der Waals surface area contributed by atoms with Crippen LogP contribution in [0.1, 0.15) is 0 Å². The molecular formula is C2H5KO2. The van der Waals surface area contributed by atoms with Gasteiger partial charge in [0.15, 0.2) is 0 Å². The van der Waals surface area contributed by atoms with Crippen molar-refractivity contribution in [1.82, 2.24) is 0 Å². The summed E-state index contributed by atoms with van der Waals surface area (Å²) in [5.74, 6) is 0. The monoisotopic (exact) mass is 100.0 g/mol. The Kier molecular flexibility index (Phi) is 36.7. The molecule has 0 aliphatic heterocycles. The van der Waals surface area contributed by atoms with Crippen LogP contribution in [0.2, 0.25) is 1.02 Å². The SMILES string of the molecule is O=CO.[CH3][K]. The van der Waals surface area contributed by atoms with Crippen molar-refractivity contribution in [3.63, 3.8) is 0 Å². The molecule has 0 aromatic rings. The van der Waals surface area contributed by atoms with Gasteiger partial charge in [-0.05, 0) is 0 Å². The zero-order valence-corrected chi connectivity index (χ0v) is 6.56. The third-order valence-corrected chi connectivity index (χ3v) is 0. The molecular weight excluding hydrogens is 95.1 g/mol. The van der Waals surface area contributed by atoms with Crippen molar-refractivity contribution in [2.45, 2.75) is 1.02 Å². The Morgan fingerprint density at radius 3 is 1.80 bits per heavy atom. The maximum atomic E-state index is 8.36. The molecule has 0 rings (SSSR count). The first-order valence-corrected chi connectivity index (χ1v) is 4.62. The number of rotatable bonds is 0. The second-order valence-electron chi connectivity index (χ2n) is 0.105. The minimum atomic E-state index is -0.250. The summed E-state index contributed by atoms with van der Waals surface area (Å²) in [5.41, 5.74) is 0. The van der Waals surface area contributed by atoms with E-state index in [-0.39, 0.29) is 6.47 Å². The molecule has 0 aromatic carbocycles. The summed E-state index contributed by atoms with van der Waals surface area (Å²) in [6, 6.07) is 0. The van der Waals surface area contributed by atoms with E-state index in [0.717, 1.165) is 49.0 Å². The molecule has 1 N–H and O–H groups in total. The third kappa shape index (κ3) is 40.3. The van der Waals surface area contributed by atoms with E-state index >= 15 is 0 Å². The molecule has 2 nitrogen and oxygen atoms in total. The summed E-state index contributed by atoms with van der Waals surface area (Å²) >= 11 is 1.06. The van der Waals surface area contributed by atoms with Gasteiger partial charge in [0.2, 0.25) is 0 Å². The zero-order chi connectivity index (χ0) is 4.71. The van der Waals surface area contributed by atoms with Crippen molar-refractivity contribution < 1.29 is 9.90 Å². The van der Waals surface area contributed by atoms with Crippen LogP contribution >= 0.6 is 0 Å². The van der Waals surface area contributed by atoms with Crippen molar-refractivity contribution in [2.24, 2.45) is 0 Å². The molecule has 0 bridgehead atoms. The molecule has 0 heterocycles. The summed E-state index contributed by atoms with van der Waals surface area (Å²) in [5, 5.41) is 6.89. The average Bonchev–Trinajstić information content (AvgIpc) is 1.46. The molecule has 0 fully saturated rings. The maximum absolute atomic E-state index is 8.36. The van der Waals surface area contributed by atoms with Crippen LogP contribution in [0, 0.1) is 0 Å². The van der Waals surface area contributed by atoms with E-state index in [4.69, 9.17) is 9.90 Å². The zero-order valence-electron chi connectivity index (χ0n) is 3.43. The second-order valence-corrected chi connectivity index (χ2v) is 0.105. The van der Waals surface area contributed by atoms with Crippen LogP contribution in [0.5, 0.6) is 0 Å². The standard InChI is InChI=1S/CH2O2.CH3.K/c2-1-3;;/h1H,(H,2,3);1H3;. The molecule has 26 valence electrons. The van der Waals surface area contributed by atoms with Crippen LogP contribution in [0.3, 0.4) is 0 Å². The Morgan fingerprint density at radius 1 is 1.80 bits per heavy atom. The number of carbonyl (C=O) groups is 1. The van der Waals surface area contributed by atoms with Gasteiger partial charge in [-0.2, -0.15) is 0 Å². The fraction of sp³-hybridized carbons (Fsp3) is 0.500. The van der Waals surface area contributed by atoms with E-state index in [1.165, 1.54) is 0 Å². The predicted octanol–water partition coefficient (Wildman–Crippen LogP) is -0.0962. The molecule has 0 spiro atoms. The summed E-state index contributed by atoms with van der Waals surface area (Å²) in [7, 11) is 0. The van der Waals surface area contributed by atoms with Crippen LogP contribution in [0.25, 0.3) is 0 Å². The normalized spacial score (nSPS) is 3.80. The van der Waals surface area contributed by atoms with Crippen LogP contribution in [0.15, 0.2) is 0 Å². The molecule has 0 atom stereocenters. The van der Waals surface area contributed by atoms with Crippen molar-refractivity contribution in [2.75, 3.05) is 0 Å². The second kappa shape index (κ2) is 19.4. The van der Waals surface area contributed by atoms with E-state index < -0.39 is 0 Å². The van der Waals surface area contributed by atoms with Gasteiger partial charge < -0.3 is 5.11 Å². The number of carboxylic acid groups (broad SMARTS) is 1. The molecule has 0 saturated carbocycles. The average molecular weight is 100 g/mol. The third-order valence-electron chi connectivity index (χ3n) is 0. The summed E-state index contributed by atoms with van der Waals surface area (Å²) in [6.45, 7) is -0.250. The van der Waals surface area contributed by atoms with E-state index in [1.54, 1.807) is 0 Å². The molecule has 0 unspecified atom stereocenters. The van der Waals surface area contributed by atoms with Crippen LogP contribution < -0.4 is 0 Å². The van der Waals surface area contributed by atoms with Crippen LogP contribution in [-0.2, 0) is 4.79 Å². The molecule has 0 aliphatic carbocycles. The van der Waals surface area contributed by atoms with Crippen molar-refractivity contribution in [3.05, 3.63) is 0 Å². The fourth-order valence-electron chi connectivity index (χ4n) is 0. The molecule has 0 aliphatic rings. The van der Waals surface area contributed by atoms with Gasteiger partial charge >= 0.3 is 50.0 Å². The van der Waals surface area contributed by atoms with E-state index in [1.807, 2.05) is 0 Å². The van der Waals surface area contributed by atoms with Crippen LogP contribution in [0.4, 0.5) is 0 Å². The quantitative estimate of drug-likeness (QED) is 0.341. The Balaban J connectivity index is 0. The molecule has 0 amide bonds. The van der Waals surface area contributed by atoms with E-state index in [2.05, 4.69) is 1.02 Å². The van der Waals surface area contributed by atoms with Gasteiger partial charge in [0, 0.05) is 0 Å². The molecule has 5 heavy (non-hydrogen) atoms. The number of hydrogen-bond donors (Lipinski definition) is 1. The first-order chi connectivity index (χ1) is 2.41. The fourth-order valence-corrected chi connectivity index (χ4v) is 0. The summed E-state index contributed by atoms with van der Waals surface area (Å²) < 4.78 is 2.19. The van der Waals surface area contributed by atoms with Gasteiger partial charge in [-0.25, -0.2) is 0 Å². The van der Waals surface area contributed by atoms with Gasteiger partial charge in [-0.1, -0.05) is 0 Å². The molecule has 3 heteroatoms. The first-order valence-electron chi connectivity index (χ1n) is 1.49. The predicted molar refractivity (Wildman–Crippen MR) is 20.3 cm³/mol. The van der Waals surface area contributed by atoms with Gasteiger partial charge in [0.05, 0.1) is 0 Å². The van der Waals surface area contributed by atoms with Gasteiger partial charge in [0.1, 0.15) is 0 Å². The number of hydrogen-bond acceptors (Lipinski definition) is 1. The van der Waals surface area contributed by atoms with Crippen molar-refractivity contribution in [1.29, 1.82) is 0 Å². The molecule has 0 saturated heterocycles. The molecule has 0 radical (unpaired) electrons. The first kappa shape index (κ1) is 9.44. The van der Waals surface area contributed by atoms with E-state index in [0.29, 0.717) is 0 Å². The van der Waals surface area contributed by atoms with Gasteiger partial charge in [-0.15, -0.1) is 0 Å². The Hall–Kier alpha value is 1.11. The van der Waals surface area contributed by atoms with Gasteiger partial charge in [0.25, 0.3) is 6.47 Å². The Labute approximate surface area is 65.1 Å². The van der Waals surface area contributed by atoms with Gasteiger partial charge in [-0.3, -0.25) is 4.79 Å². The Morgan fingerprint density at radius 2 is 1.80 bits per heavy atom. The van der Waals surface area contributed by atoms with Crippen molar-refractivity contribution >= 4 is 55.4 Å². The molecule has 0 aromatic heterocycles. The van der Waals surface area contributed by atoms with Crippen LogP contribution in [-0.4, -0.2) is 60.5 Å².